The first-order chi connectivity index (χ1) is 7.71. The molecule has 1 aromatic rings. The first-order valence-corrected chi connectivity index (χ1v) is 5.71. The number of benzene rings is 1. The number of hydrogen-bond donors (Lipinski definition) is 1. The van der Waals surface area contributed by atoms with Gasteiger partial charge in [-0.3, -0.25) is 4.79 Å². The highest BCUT2D eigenvalue weighted by Gasteiger charge is 2.51. The number of carboxylic acid groups (broad SMARTS) is 1. The van der Waals surface area contributed by atoms with Gasteiger partial charge in [0.05, 0.1) is 11.5 Å². The summed E-state index contributed by atoms with van der Waals surface area (Å²) in [5, 5.41) is 9.15. The summed E-state index contributed by atoms with van der Waals surface area (Å²) >= 11 is 0. The molecule has 0 spiro atoms. The van der Waals surface area contributed by atoms with Crippen LogP contribution in [0, 0.1) is 0 Å². The van der Waals surface area contributed by atoms with Crippen LogP contribution in [0.3, 0.4) is 0 Å². The van der Waals surface area contributed by atoms with Gasteiger partial charge in [0.1, 0.15) is 5.75 Å². The summed E-state index contributed by atoms with van der Waals surface area (Å²) in [5.41, 5.74) is 0.307. The van der Waals surface area contributed by atoms with Gasteiger partial charge in [0, 0.05) is 0 Å². The molecule has 0 amide bonds. The van der Waals surface area contributed by atoms with E-state index in [1.807, 2.05) is 24.3 Å². The van der Waals surface area contributed by atoms with E-state index in [1.54, 1.807) is 0 Å². The third-order valence-corrected chi connectivity index (χ3v) is 3.39. The Balaban J connectivity index is 1.79. The molecule has 0 saturated heterocycles. The molecule has 0 aliphatic heterocycles. The van der Waals surface area contributed by atoms with Gasteiger partial charge in [-0.2, -0.15) is 0 Å². The lowest BCUT2D eigenvalue weighted by atomic mass is 9.96. The molecular formula is C13H14O3. The lowest BCUT2D eigenvalue weighted by Gasteiger charge is -2.11. The first kappa shape index (κ1) is 9.70. The maximum absolute atomic E-state index is 11.1. The highest BCUT2D eigenvalue weighted by molar-refractivity contribution is 5.84. The second kappa shape index (κ2) is 3.24. The molecule has 3 nitrogen and oxygen atoms in total. The quantitative estimate of drug-likeness (QED) is 0.843. The molecule has 2 aliphatic carbocycles. The van der Waals surface area contributed by atoms with Crippen molar-refractivity contribution in [2.24, 2.45) is 0 Å². The van der Waals surface area contributed by atoms with Gasteiger partial charge in [-0.25, -0.2) is 0 Å². The smallest absolute Gasteiger partial charge is 0.314 e. The summed E-state index contributed by atoms with van der Waals surface area (Å²) < 4.78 is 5.63. The minimum absolute atomic E-state index is 0.389. The highest BCUT2D eigenvalue weighted by atomic mass is 16.5. The minimum atomic E-state index is -0.705. The molecule has 16 heavy (non-hydrogen) atoms. The summed E-state index contributed by atoms with van der Waals surface area (Å²) in [6, 6.07) is 7.55. The minimum Gasteiger partial charge on any atom is -0.490 e. The van der Waals surface area contributed by atoms with Crippen molar-refractivity contribution in [2.75, 3.05) is 0 Å². The average molecular weight is 218 g/mol. The van der Waals surface area contributed by atoms with Gasteiger partial charge in [0.25, 0.3) is 0 Å². The average Bonchev–Trinajstić information content (AvgIpc) is 3.13. The number of rotatable bonds is 4. The summed E-state index contributed by atoms with van der Waals surface area (Å²) in [7, 11) is 0. The number of ether oxygens (including phenoxy) is 1. The van der Waals surface area contributed by atoms with Gasteiger partial charge in [0.2, 0.25) is 0 Å². The topological polar surface area (TPSA) is 46.5 Å². The lowest BCUT2D eigenvalue weighted by molar-refractivity contribution is -0.140. The lowest BCUT2D eigenvalue weighted by Crippen LogP contribution is -2.19. The normalized spacial score (nSPS) is 21.5. The second-order valence-electron chi connectivity index (χ2n) is 4.73. The van der Waals surface area contributed by atoms with Crippen molar-refractivity contribution in [1.29, 1.82) is 0 Å². The molecular weight excluding hydrogens is 204 g/mol. The van der Waals surface area contributed by atoms with Crippen LogP contribution in [0.4, 0.5) is 0 Å². The summed E-state index contributed by atoms with van der Waals surface area (Å²) in [6.45, 7) is 0. The van der Waals surface area contributed by atoms with E-state index in [2.05, 4.69) is 0 Å². The van der Waals surface area contributed by atoms with Crippen molar-refractivity contribution < 1.29 is 14.6 Å². The molecule has 3 heteroatoms. The van der Waals surface area contributed by atoms with Crippen molar-refractivity contribution in [3.8, 4) is 5.75 Å². The fourth-order valence-corrected chi connectivity index (χ4v) is 1.98. The molecule has 3 rings (SSSR count). The molecule has 2 saturated carbocycles. The molecule has 0 aromatic heterocycles. The van der Waals surface area contributed by atoms with Crippen molar-refractivity contribution in [3.63, 3.8) is 0 Å². The maximum atomic E-state index is 11.1. The Hall–Kier alpha value is -1.51. The van der Waals surface area contributed by atoms with Gasteiger partial charge in [-0.15, -0.1) is 0 Å². The van der Waals surface area contributed by atoms with Crippen molar-refractivity contribution in [3.05, 3.63) is 29.8 Å². The number of carbonyl (C=O) groups is 1. The molecule has 0 heterocycles. The molecule has 0 unspecified atom stereocenters. The Kier molecular flexibility index (Phi) is 1.96. The highest BCUT2D eigenvalue weighted by Crippen LogP contribution is 2.48. The van der Waals surface area contributed by atoms with Crippen molar-refractivity contribution >= 4 is 5.97 Å². The molecule has 1 N–H and O–H groups in total. The van der Waals surface area contributed by atoms with Gasteiger partial charge >= 0.3 is 5.97 Å². The zero-order chi connectivity index (χ0) is 11.2. The molecule has 0 atom stereocenters. The Morgan fingerprint density at radius 3 is 2.31 bits per heavy atom. The zero-order valence-corrected chi connectivity index (χ0v) is 8.98. The van der Waals surface area contributed by atoms with E-state index < -0.39 is 11.4 Å². The maximum Gasteiger partial charge on any atom is 0.314 e. The molecule has 84 valence electrons. The van der Waals surface area contributed by atoms with Gasteiger partial charge in [-0.05, 0) is 43.4 Å². The Bertz CT molecular complexity index is 413. The third-order valence-electron chi connectivity index (χ3n) is 3.39. The van der Waals surface area contributed by atoms with Crippen LogP contribution in [0.15, 0.2) is 24.3 Å². The van der Waals surface area contributed by atoms with Crippen LogP contribution in [-0.4, -0.2) is 17.2 Å². The summed E-state index contributed by atoms with van der Waals surface area (Å²) in [6.07, 6.45) is 4.18. The van der Waals surface area contributed by atoms with Gasteiger partial charge < -0.3 is 9.84 Å². The van der Waals surface area contributed by atoms with E-state index in [0.29, 0.717) is 6.10 Å². The molecule has 2 fully saturated rings. The van der Waals surface area contributed by atoms with Crippen molar-refractivity contribution in [1.82, 2.24) is 0 Å². The van der Waals surface area contributed by atoms with E-state index in [1.165, 1.54) is 0 Å². The third kappa shape index (κ3) is 1.56. The Morgan fingerprint density at radius 2 is 1.88 bits per heavy atom. The molecule has 2 aliphatic rings. The zero-order valence-electron chi connectivity index (χ0n) is 8.98. The van der Waals surface area contributed by atoms with E-state index in [-0.39, 0.29) is 0 Å². The van der Waals surface area contributed by atoms with Gasteiger partial charge in [0.15, 0.2) is 0 Å². The predicted octanol–water partition coefficient (Wildman–Crippen LogP) is 2.34. The van der Waals surface area contributed by atoms with E-state index in [4.69, 9.17) is 9.84 Å². The Morgan fingerprint density at radius 1 is 1.25 bits per heavy atom. The van der Waals surface area contributed by atoms with Crippen LogP contribution < -0.4 is 4.74 Å². The summed E-state index contributed by atoms with van der Waals surface area (Å²) in [4.78, 5) is 11.1. The predicted molar refractivity (Wildman–Crippen MR) is 58.6 cm³/mol. The fourth-order valence-electron chi connectivity index (χ4n) is 1.98. The van der Waals surface area contributed by atoms with Crippen LogP contribution >= 0.6 is 0 Å². The van der Waals surface area contributed by atoms with Gasteiger partial charge in [-0.1, -0.05) is 12.1 Å². The standard InChI is InChI=1S/C13H14O3/c14-12(15)13(7-8-13)9-1-3-10(4-2-9)16-11-5-6-11/h1-4,11H,5-8H2,(H,14,15). The van der Waals surface area contributed by atoms with Crippen LogP contribution in [-0.2, 0) is 10.2 Å². The molecule has 0 bridgehead atoms. The molecule has 1 aromatic carbocycles. The number of carboxylic acids is 1. The van der Waals surface area contributed by atoms with Crippen LogP contribution in [0.25, 0.3) is 0 Å². The monoisotopic (exact) mass is 218 g/mol. The number of hydrogen-bond acceptors (Lipinski definition) is 2. The first-order valence-electron chi connectivity index (χ1n) is 5.71. The van der Waals surface area contributed by atoms with Crippen LogP contribution in [0.1, 0.15) is 31.2 Å². The van der Waals surface area contributed by atoms with E-state index in [9.17, 15) is 4.79 Å². The SMILES string of the molecule is O=C(O)C1(c2ccc(OC3CC3)cc2)CC1. The van der Waals surface area contributed by atoms with E-state index in [0.717, 1.165) is 37.0 Å². The second-order valence-corrected chi connectivity index (χ2v) is 4.73. The van der Waals surface area contributed by atoms with Crippen LogP contribution in [0.5, 0.6) is 5.75 Å². The number of aliphatic carboxylic acids is 1. The summed E-state index contributed by atoms with van der Waals surface area (Å²) in [5.74, 6) is 0.149. The van der Waals surface area contributed by atoms with Crippen molar-refractivity contribution in [2.45, 2.75) is 37.2 Å². The largest absolute Gasteiger partial charge is 0.490 e. The van der Waals surface area contributed by atoms with E-state index >= 15 is 0 Å². The fraction of sp³-hybridized carbons (Fsp3) is 0.462. The Labute approximate surface area is 94.0 Å². The molecule has 0 radical (unpaired) electrons. The van der Waals surface area contributed by atoms with Crippen LogP contribution in [0.2, 0.25) is 0 Å².